The smallest absolute Gasteiger partial charge is 0.323 e. The van der Waals surface area contributed by atoms with E-state index in [4.69, 9.17) is 9.47 Å². The van der Waals surface area contributed by atoms with E-state index in [9.17, 15) is 19.1 Å². The molecule has 1 aliphatic rings. The first-order valence-electron chi connectivity index (χ1n) is 11.4. The second-order valence-corrected chi connectivity index (χ2v) is 9.08. The molecule has 1 heterocycles. The molecule has 0 fully saturated rings. The third kappa shape index (κ3) is 5.98. The van der Waals surface area contributed by atoms with Gasteiger partial charge < -0.3 is 19.5 Å². The maximum atomic E-state index is 13.3. The number of methoxy groups -OCH3 is 1. The van der Waals surface area contributed by atoms with E-state index in [0.717, 1.165) is 16.7 Å². The van der Waals surface area contributed by atoms with E-state index in [0.29, 0.717) is 36.3 Å². The van der Waals surface area contributed by atoms with Gasteiger partial charge >= 0.3 is 5.97 Å². The molecule has 1 amide bonds. The molecule has 4 rings (SSSR count). The van der Waals surface area contributed by atoms with Gasteiger partial charge in [0, 0.05) is 24.9 Å². The third-order valence-electron chi connectivity index (χ3n) is 6.14. The standard InChI is InChI=1S/C28H28FNO5/c1-28(16-20-6-9-23(29)10-7-20)17-22-15-21(8-11-25(22)35-28)27(33)30(18-26(31)32)13-12-19-4-3-5-24(14-19)34-2/h3-11,14-15H,12-13,16-18H2,1-2H3,(H,31,32)/t28-/m0/s1. The van der Waals surface area contributed by atoms with Crippen LogP contribution >= 0.6 is 0 Å². The molecule has 1 aliphatic heterocycles. The van der Waals surface area contributed by atoms with Crippen molar-refractivity contribution in [3.05, 3.63) is 94.8 Å². The molecular weight excluding hydrogens is 449 g/mol. The Bertz CT molecular complexity index is 1230. The van der Waals surface area contributed by atoms with Gasteiger partial charge in [0.25, 0.3) is 5.91 Å². The maximum absolute atomic E-state index is 13.3. The van der Waals surface area contributed by atoms with Gasteiger partial charge in [-0.1, -0.05) is 24.3 Å². The highest BCUT2D eigenvalue weighted by molar-refractivity contribution is 5.96. The minimum Gasteiger partial charge on any atom is -0.497 e. The fourth-order valence-electron chi connectivity index (χ4n) is 4.48. The van der Waals surface area contributed by atoms with Crippen molar-refractivity contribution in [2.45, 2.75) is 31.8 Å². The summed E-state index contributed by atoms with van der Waals surface area (Å²) in [6.07, 6.45) is 1.68. The van der Waals surface area contributed by atoms with Crippen LogP contribution in [0.15, 0.2) is 66.7 Å². The number of carbonyl (C=O) groups excluding carboxylic acids is 1. The lowest BCUT2D eigenvalue weighted by atomic mass is 9.91. The van der Waals surface area contributed by atoms with Gasteiger partial charge in [0.1, 0.15) is 29.5 Å². The van der Waals surface area contributed by atoms with Crippen molar-refractivity contribution in [3.63, 3.8) is 0 Å². The summed E-state index contributed by atoms with van der Waals surface area (Å²) in [5.41, 5.74) is 2.71. The summed E-state index contributed by atoms with van der Waals surface area (Å²) in [6, 6.07) is 19.1. The monoisotopic (exact) mass is 477 g/mol. The number of nitrogens with zero attached hydrogens (tertiary/aromatic N) is 1. The molecule has 182 valence electrons. The van der Waals surface area contributed by atoms with Gasteiger partial charge in [0.2, 0.25) is 0 Å². The summed E-state index contributed by atoms with van der Waals surface area (Å²) in [4.78, 5) is 26.1. The Kier molecular flexibility index (Phi) is 7.05. The Morgan fingerprint density at radius 3 is 2.57 bits per heavy atom. The number of halogens is 1. The Balaban J connectivity index is 1.47. The number of hydrogen-bond acceptors (Lipinski definition) is 4. The molecule has 0 bridgehead atoms. The Hall–Kier alpha value is -3.87. The fraction of sp³-hybridized carbons (Fsp3) is 0.286. The summed E-state index contributed by atoms with van der Waals surface area (Å²) < 4.78 is 24.7. The second kappa shape index (κ2) is 10.2. The quantitative estimate of drug-likeness (QED) is 0.490. The van der Waals surface area contributed by atoms with Crippen LogP contribution in [-0.2, 0) is 24.1 Å². The third-order valence-corrected chi connectivity index (χ3v) is 6.14. The lowest BCUT2D eigenvalue weighted by molar-refractivity contribution is -0.137. The minimum atomic E-state index is -1.07. The van der Waals surface area contributed by atoms with Gasteiger partial charge in [-0.15, -0.1) is 0 Å². The van der Waals surface area contributed by atoms with Crippen LogP contribution in [-0.4, -0.2) is 47.7 Å². The zero-order chi connectivity index (χ0) is 25.0. The number of carboxylic acids is 1. The first kappa shape index (κ1) is 24.3. The van der Waals surface area contributed by atoms with Crippen molar-refractivity contribution >= 4 is 11.9 Å². The molecule has 1 atom stereocenters. The van der Waals surface area contributed by atoms with Gasteiger partial charge in [-0.25, -0.2) is 4.39 Å². The largest absolute Gasteiger partial charge is 0.497 e. The normalized spacial score (nSPS) is 16.3. The summed E-state index contributed by atoms with van der Waals surface area (Å²) >= 11 is 0. The predicted molar refractivity (Wildman–Crippen MR) is 130 cm³/mol. The maximum Gasteiger partial charge on any atom is 0.323 e. The number of fused-ring (bicyclic) bond motifs is 1. The van der Waals surface area contributed by atoms with Crippen LogP contribution in [0.25, 0.3) is 0 Å². The van der Waals surface area contributed by atoms with Crippen LogP contribution in [0.1, 0.15) is 34.0 Å². The number of rotatable bonds is 9. The lowest BCUT2D eigenvalue weighted by Gasteiger charge is -2.24. The highest BCUT2D eigenvalue weighted by atomic mass is 19.1. The zero-order valence-electron chi connectivity index (χ0n) is 19.8. The highest BCUT2D eigenvalue weighted by Gasteiger charge is 2.35. The molecular formula is C28H28FNO5. The van der Waals surface area contributed by atoms with Gasteiger partial charge in [-0.3, -0.25) is 9.59 Å². The van der Waals surface area contributed by atoms with Crippen molar-refractivity contribution in [2.24, 2.45) is 0 Å². The molecule has 35 heavy (non-hydrogen) atoms. The second-order valence-electron chi connectivity index (χ2n) is 9.08. The van der Waals surface area contributed by atoms with Gasteiger partial charge in [-0.05, 0) is 72.5 Å². The summed E-state index contributed by atoms with van der Waals surface area (Å²) in [6.45, 7) is 1.86. The minimum absolute atomic E-state index is 0.258. The van der Waals surface area contributed by atoms with Crippen molar-refractivity contribution in [3.8, 4) is 11.5 Å². The van der Waals surface area contributed by atoms with Gasteiger partial charge in [0.05, 0.1) is 7.11 Å². The van der Waals surface area contributed by atoms with E-state index in [-0.39, 0.29) is 18.3 Å². The van der Waals surface area contributed by atoms with E-state index in [1.807, 2.05) is 31.2 Å². The average Bonchev–Trinajstić information content (AvgIpc) is 3.17. The predicted octanol–water partition coefficient (Wildman–Crippen LogP) is 4.54. The number of aliphatic carboxylic acids is 1. The van der Waals surface area contributed by atoms with Crippen LogP contribution in [0.3, 0.4) is 0 Å². The van der Waals surface area contributed by atoms with Crippen LogP contribution in [0.4, 0.5) is 4.39 Å². The summed E-state index contributed by atoms with van der Waals surface area (Å²) in [5.74, 6) is -0.283. The molecule has 6 nitrogen and oxygen atoms in total. The van der Waals surface area contributed by atoms with Crippen LogP contribution < -0.4 is 9.47 Å². The van der Waals surface area contributed by atoms with E-state index >= 15 is 0 Å². The Morgan fingerprint density at radius 2 is 1.86 bits per heavy atom. The van der Waals surface area contributed by atoms with E-state index < -0.39 is 18.1 Å². The number of carboxylic acid groups (broad SMARTS) is 1. The molecule has 0 radical (unpaired) electrons. The lowest BCUT2D eigenvalue weighted by Crippen LogP contribution is -2.37. The summed E-state index contributed by atoms with van der Waals surface area (Å²) in [5, 5.41) is 9.38. The van der Waals surface area contributed by atoms with Crippen LogP contribution in [0.2, 0.25) is 0 Å². The van der Waals surface area contributed by atoms with E-state index in [1.165, 1.54) is 17.0 Å². The van der Waals surface area contributed by atoms with Crippen molar-refractivity contribution in [2.75, 3.05) is 20.2 Å². The summed E-state index contributed by atoms with van der Waals surface area (Å²) in [7, 11) is 1.58. The number of carbonyl (C=O) groups is 2. The number of hydrogen-bond donors (Lipinski definition) is 1. The highest BCUT2D eigenvalue weighted by Crippen LogP contribution is 2.37. The number of ether oxygens (including phenoxy) is 2. The first-order chi connectivity index (χ1) is 16.7. The number of amides is 1. The first-order valence-corrected chi connectivity index (χ1v) is 11.4. The molecule has 3 aromatic carbocycles. The molecule has 3 aromatic rings. The molecule has 7 heteroatoms. The van der Waals surface area contributed by atoms with E-state index in [2.05, 4.69) is 0 Å². The molecule has 0 saturated carbocycles. The average molecular weight is 478 g/mol. The number of benzene rings is 3. The van der Waals surface area contributed by atoms with Crippen molar-refractivity contribution in [1.82, 2.24) is 4.90 Å². The van der Waals surface area contributed by atoms with Gasteiger partial charge in [0.15, 0.2) is 0 Å². The zero-order valence-corrected chi connectivity index (χ0v) is 19.8. The molecule has 0 aromatic heterocycles. The van der Waals surface area contributed by atoms with E-state index in [1.54, 1.807) is 37.4 Å². The molecule has 0 unspecified atom stereocenters. The molecule has 0 saturated heterocycles. The topological polar surface area (TPSA) is 76.1 Å². The Labute approximate surface area is 203 Å². The van der Waals surface area contributed by atoms with Crippen LogP contribution in [0.5, 0.6) is 11.5 Å². The van der Waals surface area contributed by atoms with Crippen LogP contribution in [0, 0.1) is 5.82 Å². The SMILES string of the molecule is COc1cccc(CCN(CC(=O)O)C(=O)c2ccc3c(c2)C[C@](C)(Cc2ccc(F)cc2)O3)c1. The fourth-order valence-corrected chi connectivity index (χ4v) is 4.48. The van der Waals surface area contributed by atoms with Gasteiger partial charge in [-0.2, -0.15) is 0 Å². The molecule has 0 aliphatic carbocycles. The van der Waals surface area contributed by atoms with Crippen molar-refractivity contribution < 1.29 is 28.6 Å². The molecule has 1 N–H and O–H groups in total. The Morgan fingerprint density at radius 1 is 1.09 bits per heavy atom. The molecule has 0 spiro atoms. The van der Waals surface area contributed by atoms with Crippen molar-refractivity contribution in [1.29, 1.82) is 0 Å².